The summed E-state index contributed by atoms with van der Waals surface area (Å²) in [5.41, 5.74) is 0.299. The highest BCUT2D eigenvalue weighted by molar-refractivity contribution is 7.89. The lowest BCUT2D eigenvalue weighted by Crippen LogP contribution is -2.24. The molecule has 0 bridgehead atoms. The van der Waals surface area contributed by atoms with Crippen molar-refractivity contribution in [3.8, 4) is 0 Å². The lowest BCUT2D eigenvalue weighted by Gasteiger charge is -2.08. The minimum absolute atomic E-state index is 0.0238. The van der Waals surface area contributed by atoms with Crippen LogP contribution in [0.15, 0.2) is 35.5 Å². The summed E-state index contributed by atoms with van der Waals surface area (Å²) in [6.45, 7) is 0.307. The Morgan fingerprint density at radius 3 is 2.80 bits per heavy atom. The maximum Gasteiger partial charge on any atom is 0.240 e. The highest BCUT2D eigenvalue weighted by Gasteiger charge is 2.16. The minimum atomic E-state index is -3.70. The van der Waals surface area contributed by atoms with Crippen LogP contribution < -0.4 is 10.0 Å². The van der Waals surface area contributed by atoms with E-state index in [1.807, 2.05) is 0 Å². The molecule has 0 atom stereocenters. The maximum atomic E-state index is 13.5. The fourth-order valence-electron chi connectivity index (χ4n) is 1.69. The molecule has 0 radical (unpaired) electrons. The smallest absolute Gasteiger partial charge is 0.240 e. The molecule has 0 saturated carbocycles. The highest BCUT2D eigenvalue weighted by Crippen LogP contribution is 2.15. The van der Waals surface area contributed by atoms with E-state index in [-0.39, 0.29) is 18.0 Å². The van der Waals surface area contributed by atoms with Gasteiger partial charge >= 0.3 is 0 Å². The normalized spacial score (nSPS) is 11.7. The van der Waals surface area contributed by atoms with Gasteiger partial charge in [0.05, 0.1) is 11.4 Å². The average Bonchev–Trinajstić information content (AvgIpc) is 2.92. The largest absolute Gasteiger partial charge is 0.347 e. The zero-order chi connectivity index (χ0) is 14.6. The Hall–Kier alpha value is -1.77. The third-order valence-corrected chi connectivity index (χ3v) is 4.08. The van der Waals surface area contributed by atoms with Gasteiger partial charge in [0, 0.05) is 24.5 Å². The summed E-state index contributed by atoms with van der Waals surface area (Å²) in [6.07, 6.45) is 3.14. The molecule has 2 aromatic rings. The molecule has 0 aliphatic rings. The number of benzene rings is 1. The van der Waals surface area contributed by atoms with Gasteiger partial charge in [0.2, 0.25) is 10.0 Å². The van der Waals surface area contributed by atoms with Gasteiger partial charge in [-0.05, 0) is 25.2 Å². The lowest BCUT2D eigenvalue weighted by molar-refractivity contribution is 0.576. The molecule has 1 aromatic heterocycles. The van der Waals surface area contributed by atoms with Crippen molar-refractivity contribution < 1.29 is 12.8 Å². The van der Waals surface area contributed by atoms with Crippen molar-refractivity contribution in [1.29, 1.82) is 0 Å². The summed E-state index contributed by atoms with van der Waals surface area (Å²) in [4.78, 5) is 6.74. The van der Waals surface area contributed by atoms with E-state index in [4.69, 9.17) is 0 Å². The predicted octanol–water partition coefficient (Wildman–Crippen LogP) is 0.747. The zero-order valence-electron chi connectivity index (χ0n) is 10.9. The van der Waals surface area contributed by atoms with Crippen LogP contribution in [0.1, 0.15) is 11.4 Å². The number of rotatable bonds is 6. The van der Waals surface area contributed by atoms with Crippen molar-refractivity contribution in [3.05, 3.63) is 47.8 Å². The van der Waals surface area contributed by atoms with Gasteiger partial charge in [0.15, 0.2) is 0 Å². The third-order valence-electron chi connectivity index (χ3n) is 2.68. The molecule has 0 fully saturated rings. The fourth-order valence-corrected chi connectivity index (χ4v) is 2.72. The Labute approximate surface area is 116 Å². The third kappa shape index (κ3) is 3.41. The summed E-state index contributed by atoms with van der Waals surface area (Å²) in [5, 5.41) is 2.79. The molecule has 6 nitrogen and oxygen atoms in total. The number of sulfonamides is 1. The molecule has 2 rings (SSSR count). The fraction of sp³-hybridized carbons (Fsp3) is 0.250. The number of hydrogen-bond acceptors (Lipinski definition) is 4. The first-order valence-electron chi connectivity index (χ1n) is 5.94. The standard InChI is InChI=1S/C12H15FN4O2S/c1-14-7-9-6-10(2-3-11(9)13)20(18,19)17-8-12-15-4-5-16-12/h2-6,14,17H,7-8H2,1H3,(H,15,16). The number of aromatic nitrogens is 2. The van der Waals surface area contributed by atoms with Gasteiger partial charge in [-0.1, -0.05) is 0 Å². The van der Waals surface area contributed by atoms with Gasteiger partial charge in [-0.2, -0.15) is 0 Å². The predicted molar refractivity (Wildman–Crippen MR) is 71.8 cm³/mol. The average molecular weight is 298 g/mol. The molecular formula is C12H15FN4O2S. The van der Waals surface area contributed by atoms with Crippen LogP contribution in [0.5, 0.6) is 0 Å². The van der Waals surface area contributed by atoms with Crippen molar-refractivity contribution in [3.63, 3.8) is 0 Å². The summed E-state index contributed by atoms with van der Waals surface area (Å²) in [6, 6.07) is 3.70. The zero-order valence-corrected chi connectivity index (χ0v) is 11.7. The summed E-state index contributed by atoms with van der Waals surface area (Å²) in [7, 11) is -2.04. The van der Waals surface area contributed by atoms with E-state index in [0.717, 1.165) is 6.07 Å². The van der Waals surface area contributed by atoms with Gasteiger partial charge in [0.1, 0.15) is 11.6 Å². The Kier molecular flexibility index (Phi) is 4.48. The Morgan fingerprint density at radius 1 is 1.35 bits per heavy atom. The Morgan fingerprint density at radius 2 is 2.15 bits per heavy atom. The van der Waals surface area contributed by atoms with Crippen LogP contribution in [0.3, 0.4) is 0 Å². The Bertz CT molecular complexity index is 671. The molecule has 20 heavy (non-hydrogen) atoms. The van der Waals surface area contributed by atoms with Gasteiger partial charge in [-0.15, -0.1) is 0 Å². The van der Waals surface area contributed by atoms with E-state index in [1.54, 1.807) is 13.2 Å². The molecule has 0 unspecified atom stereocenters. The molecule has 0 aliphatic carbocycles. The number of H-pyrrole nitrogens is 1. The molecule has 1 aromatic carbocycles. The first-order chi connectivity index (χ1) is 9.53. The second kappa shape index (κ2) is 6.12. The van der Waals surface area contributed by atoms with Gasteiger partial charge < -0.3 is 10.3 Å². The van der Waals surface area contributed by atoms with E-state index in [9.17, 15) is 12.8 Å². The van der Waals surface area contributed by atoms with Gasteiger partial charge in [-0.3, -0.25) is 0 Å². The van der Waals surface area contributed by atoms with Crippen LogP contribution in [-0.4, -0.2) is 25.4 Å². The van der Waals surface area contributed by atoms with Crippen LogP contribution in [-0.2, 0) is 23.1 Å². The first kappa shape index (κ1) is 14.6. The topological polar surface area (TPSA) is 86.9 Å². The van der Waals surface area contributed by atoms with Crippen molar-refractivity contribution in [2.24, 2.45) is 0 Å². The van der Waals surface area contributed by atoms with Crippen LogP contribution in [0.25, 0.3) is 0 Å². The lowest BCUT2D eigenvalue weighted by atomic mass is 10.2. The molecule has 0 saturated heterocycles. The Balaban J connectivity index is 2.18. The van der Waals surface area contributed by atoms with Gasteiger partial charge in [0.25, 0.3) is 0 Å². The first-order valence-corrected chi connectivity index (χ1v) is 7.42. The van der Waals surface area contributed by atoms with Crippen molar-refractivity contribution in [2.45, 2.75) is 18.0 Å². The molecule has 1 heterocycles. The van der Waals surface area contributed by atoms with E-state index in [2.05, 4.69) is 20.0 Å². The number of halogens is 1. The molecule has 0 aliphatic heterocycles. The van der Waals surface area contributed by atoms with E-state index in [0.29, 0.717) is 11.4 Å². The van der Waals surface area contributed by atoms with E-state index < -0.39 is 15.8 Å². The number of nitrogens with zero attached hydrogens (tertiary/aromatic N) is 1. The van der Waals surface area contributed by atoms with Crippen LogP contribution >= 0.6 is 0 Å². The van der Waals surface area contributed by atoms with Crippen molar-refractivity contribution >= 4 is 10.0 Å². The molecular weight excluding hydrogens is 283 g/mol. The minimum Gasteiger partial charge on any atom is -0.347 e. The molecule has 108 valence electrons. The summed E-state index contributed by atoms with van der Waals surface area (Å²) < 4.78 is 40.1. The molecule has 3 N–H and O–H groups in total. The monoisotopic (exact) mass is 298 g/mol. The molecule has 8 heteroatoms. The molecule has 0 amide bonds. The number of aromatic amines is 1. The highest BCUT2D eigenvalue weighted by atomic mass is 32.2. The van der Waals surface area contributed by atoms with E-state index in [1.165, 1.54) is 18.3 Å². The van der Waals surface area contributed by atoms with Crippen LogP contribution in [0.2, 0.25) is 0 Å². The SMILES string of the molecule is CNCc1cc(S(=O)(=O)NCc2ncc[nH]2)ccc1F. The second-order valence-corrected chi connectivity index (χ2v) is 5.91. The summed E-state index contributed by atoms with van der Waals surface area (Å²) >= 11 is 0. The maximum absolute atomic E-state index is 13.5. The second-order valence-electron chi connectivity index (χ2n) is 4.14. The quantitative estimate of drug-likeness (QED) is 0.734. The van der Waals surface area contributed by atoms with Gasteiger partial charge in [-0.25, -0.2) is 22.5 Å². The van der Waals surface area contributed by atoms with Crippen molar-refractivity contribution in [2.75, 3.05) is 7.05 Å². The number of hydrogen-bond donors (Lipinski definition) is 3. The van der Waals surface area contributed by atoms with Crippen molar-refractivity contribution in [1.82, 2.24) is 20.0 Å². The van der Waals surface area contributed by atoms with E-state index >= 15 is 0 Å². The molecule has 0 spiro atoms. The van der Waals surface area contributed by atoms with Crippen LogP contribution in [0.4, 0.5) is 4.39 Å². The summed E-state index contributed by atoms with van der Waals surface area (Å²) in [5.74, 6) is 0.0652. The van der Waals surface area contributed by atoms with Crippen LogP contribution in [0, 0.1) is 5.82 Å². The number of imidazole rings is 1. The number of nitrogens with one attached hydrogen (secondary N) is 3.